The number of nitrogens with one attached hydrogen (secondary N) is 1. The Morgan fingerprint density at radius 1 is 0.950 bits per heavy atom. The molecule has 0 radical (unpaired) electrons. The van der Waals surface area contributed by atoms with Crippen LogP contribution in [0.25, 0.3) is 11.0 Å². The van der Waals surface area contributed by atoms with Crippen molar-refractivity contribution < 1.29 is 0 Å². The minimum absolute atomic E-state index is 1.09. The van der Waals surface area contributed by atoms with E-state index in [-0.39, 0.29) is 0 Å². The molecule has 1 N–H and O–H groups in total. The molecule has 0 atom stereocenters. The molecule has 0 spiro atoms. The van der Waals surface area contributed by atoms with Gasteiger partial charge >= 0.3 is 0 Å². The Kier molecular flexibility index (Phi) is 6.10. The maximum atomic E-state index is 4.68. The van der Waals surface area contributed by atoms with Gasteiger partial charge in [0.15, 0.2) is 0 Å². The first-order chi connectivity index (χ1) is 9.83. The highest BCUT2D eigenvalue weighted by atomic mass is 14.9. The van der Waals surface area contributed by atoms with Crippen molar-refractivity contribution in [2.45, 2.75) is 71.6 Å². The van der Waals surface area contributed by atoms with Crippen molar-refractivity contribution in [2.75, 3.05) is 0 Å². The summed E-state index contributed by atoms with van der Waals surface area (Å²) in [5.74, 6) is 1.15. The van der Waals surface area contributed by atoms with Gasteiger partial charge in [-0.15, -0.1) is 0 Å². The second kappa shape index (κ2) is 8.08. The summed E-state index contributed by atoms with van der Waals surface area (Å²) >= 11 is 0. The van der Waals surface area contributed by atoms with Gasteiger partial charge in [-0.3, -0.25) is 0 Å². The molecule has 0 unspecified atom stereocenters. The molecule has 0 fully saturated rings. The lowest BCUT2D eigenvalue weighted by Crippen LogP contribution is -1.88. The van der Waals surface area contributed by atoms with Crippen molar-refractivity contribution in [1.82, 2.24) is 9.97 Å². The van der Waals surface area contributed by atoms with Crippen molar-refractivity contribution in [3.63, 3.8) is 0 Å². The molecule has 2 rings (SSSR count). The monoisotopic (exact) mass is 272 g/mol. The Balaban J connectivity index is 1.76. The van der Waals surface area contributed by atoms with Crippen LogP contribution in [0.2, 0.25) is 0 Å². The van der Waals surface area contributed by atoms with Crippen LogP contribution >= 0.6 is 0 Å². The van der Waals surface area contributed by atoms with Gasteiger partial charge in [-0.2, -0.15) is 0 Å². The van der Waals surface area contributed by atoms with E-state index >= 15 is 0 Å². The first-order valence-corrected chi connectivity index (χ1v) is 8.31. The summed E-state index contributed by atoms with van der Waals surface area (Å²) in [6.45, 7) is 4.46. The van der Waals surface area contributed by atoms with Gasteiger partial charge in [-0.25, -0.2) is 4.98 Å². The highest BCUT2D eigenvalue weighted by Crippen LogP contribution is 2.16. The molecule has 0 aliphatic rings. The fourth-order valence-corrected chi connectivity index (χ4v) is 2.70. The third-order valence-corrected chi connectivity index (χ3v) is 4.02. The SMILES string of the molecule is CCCCCCCCCc1nc2ccc(CC)cc2[nH]1. The quantitative estimate of drug-likeness (QED) is 0.607. The Bertz CT molecular complexity index is 513. The van der Waals surface area contributed by atoms with Crippen LogP contribution in [0.4, 0.5) is 0 Å². The highest BCUT2D eigenvalue weighted by molar-refractivity contribution is 5.75. The normalized spacial score (nSPS) is 11.3. The van der Waals surface area contributed by atoms with Crippen LogP contribution < -0.4 is 0 Å². The van der Waals surface area contributed by atoms with Crippen LogP contribution in [0, 0.1) is 0 Å². The van der Waals surface area contributed by atoms with Crippen LogP contribution in [0.15, 0.2) is 18.2 Å². The molecule has 2 heteroatoms. The molecule has 1 aromatic heterocycles. The van der Waals surface area contributed by atoms with Crippen LogP contribution in [0.1, 0.15) is 70.2 Å². The zero-order chi connectivity index (χ0) is 14.2. The molecule has 110 valence electrons. The molecular formula is C18H28N2. The van der Waals surface area contributed by atoms with Gasteiger partial charge in [0.1, 0.15) is 5.82 Å². The molecule has 2 aromatic rings. The minimum atomic E-state index is 1.09. The van der Waals surface area contributed by atoms with Gasteiger partial charge in [0.25, 0.3) is 0 Å². The number of aryl methyl sites for hydroxylation is 2. The fourth-order valence-electron chi connectivity index (χ4n) is 2.70. The van der Waals surface area contributed by atoms with E-state index < -0.39 is 0 Å². The van der Waals surface area contributed by atoms with E-state index in [0.29, 0.717) is 0 Å². The summed E-state index contributed by atoms with van der Waals surface area (Å²) in [5, 5.41) is 0. The molecule has 0 saturated carbocycles. The number of fused-ring (bicyclic) bond motifs is 1. The lowest BCUT2D eigenvalue weighted by molar-refractivity contribution is 0.585. The van der Waals surface area contributed by atoms with Crippen LogP contribution in [0.5, 0.6) is 0 Å². The molecule has 0 bridgehead atoms. The molecule has 1 aromatic carbocycles. The van der Waals surface area contributed by atoms with Gasteiger partial charge in [-0.05, 0) is 30.5 Å². The predicted molar refractivity (Wildman–Crippen MR) is 87.2 cm³/mol. The molecule has 2 nitrogen and oxygen atoms in total. The average molecular weight is 272 g/mol. The van der Waals surface area contributed by atoms with E-state index in [1.54, 1.807) is 0 Å². The molecule has 1 heterocycles. The second-order valence-corrected chi connectivity index (χ2v) is 5.76. The number of benzene rings is 1. The molecule has 0 saturated heterocycles. The fraction of sp³-hybridized carbons (Fsp3) is 0.611. The number of unbranched alkanes of at least 4 members (excludes halogenated alkanes) is 6. The predicted octanol–water partition coefficient (Wildman–Crippen LogP) is 5.42. The number of hydrogen-bond acceptors (Lipinski definition) is 1. The number of imidazole rings is 1. The van der Waals surface area contributed by atoms with Gasteiger partial charge < -0.3 is 4.98 Å². The second-order valence-electron chi connectivity index (χ2n) is 5.76. The third kappa shape index (κ3) is 4.36. The van der Waals surface area contributed by atoms with Crippen molar-refractivity contribution in [3.05, 3.63) is 29.6 Å². The van der Waals surface area contributed by atoms with Crippen molar-refractivity contribution in [1.29, 1.82) is 0 Å². The Hall–Kier alpha value is -1.31. The molecular weight excluding hydrogens is 244 g/mol. The van der Waals surface area contributed by atoms with Gasteiger partial charge in [0, 0.05) is 6.42 Å². The molecule has 0 amide bonds. The van der Waals surface area contributed by atoms with Crippen LogP contribution in [0.3, 0.4) is 0 Å². The number of aromatic amines is 1. The Morgan fingerprint density at radius 3 is 2.45 bits per heavy atom. The number of nitrogens with zero attached hydrogens (tertiary/aromatic N) is 1. The summed E-state index contributed by atoms with van der Waals surface area (Å²) in [7, 11) is 0. The summed E-state index contributed by atoms with van der Waals surface area (Å²) in [6.07, 6.45) is 11.7. The topological polar surface area (TPSA) is 28.7 Å². The zero-order valence-corrected chi connectivity index (χ0v) is 13.0. The Morgan fingerprint density at radius 2 is 1.70 bits per heavy atom. The van der Waals surface area contributed by atoms with Crippen LogP contribution in [-0.4, -0.2) is 9.97 Å². The van der Waals surface area contributed by atoms with E-state index in [1.165, 1.54) is 56.0 Å². The number of rotatable bonds is 9. The number of hydrogen-bond donors (Lipinski definition) is 1. The smallest absolute Gasteiger partial charge is 0.107 e. The third-order valence-electron chi connectivity index (χ3n) is 4.02. The molecule has 0 aliphatic carbocycles. The summed E-state index contributed by atoms with van der Waals surface area (Å²) < 4.78 is 0. The zero-order valence-electron chi connectivity index (χ0n) is 13.0. The van der Waals surface area contributed by atoms with E-state index in [0.717, 1.165) is 24.2 Å². The van der Waals surface area contributed by atoms with Gasteiger partial charge in [0.05, 0.1) is 11.0 Å². The van der Waals surface area contributed by atoms with E-state index in [4.69, 9.17) is 0 Å². The summed E-state index contributed by atoms with van der Waals surface area (Å²) in [6, 6.07) is 6.55. The van der Waals surface area contributed by atoms with Crippen molar-refractivity contribution in [3.8, 4) is 0 Å². The van der Waals surface area contributed by atoms with Crippen LogP contribution in [-0.2, 0) is 12.8 Å². The van der Waals surface area contributed by atoms with E-state index in [9.17, 15) is 0 Å². The first kappa shape index (κ1) is 15.1. The van der Waals surface area contributed by atoms with E-state index in [2.05, 4.69) is 42.0 Å². The first-order valence-electron chi connectivity index (χ1n) is 8.31. The molecule has 0 aliphatic heterocycles. The van der Waals surface area contributed by atoms with Crippen molar-refractivity contribution in [2.24, 2.45) is 0 Å². The maximum absolute atomic E-state index is 4.68. The minimum Gasteiger partial charge on any atom is -0.342 e. The summed E-state index contributed by atoms with van der Waals surface area (Å²) in [5.41, 5.74) is 3.69. The lowest BCUT2D eigenvalue weighted by Gasteiger charge is -1.99. The number of aromatic nitrogens is 2. The van der Waals surface area contributed by atoms with Crippen molar-refractivity contribution >= 4 is 11.0 Å². The highest BCUT2D eigenvalue weighted by Gasteiger charge is 2.03. The van der Waals surface area contributed by atoms with E-state index in [1.807, 2.05) is 0 Å². The van der Waals surface area contributed by atoms with Gasteiger partial charge in [0.2, 0.25) is 0 Å². The Labute approximate surface area is 123 Å². The lowest BCUT2D eigenvalue weighted by atomic mass is 10.1. The average Bonchev–Trinajstić information content (AvgIpc) is 2.87. The van der Waals surface area contributed by atoms with Gasteiger partial charge in [-0.1, -0.05) is 58.4 Å². The largest absolute Gasteiger partial charge is 0.342 e. The standard InChI is InChI=1S/C18H28N2/c1-3-5-6-7-8-9-10-11-18-19-16-13-12-15(4-2)14-17(16)20-18/h12-14H,3-11H2,1-2H3,(H,19,20). The molecule has 20 heavy (non-hydrogen) atoms. The summed E-state index contributed by atoms with van der Waals surface area (Å²) in [4.78, 5) is 8.15. The maximum Gasteiger partial charge on any atom is 0.107 e. The number of H-pyrrole nitrogens is 1.